The molecule has 6 nitrogen and oxygen atoms in total. The third kappa shape index (κ3) is 7.24. The zero-order chi connectivity index (χ0) is 20.6. The van der Waals surface area contributed by atoms with Crippen LogP contribution < -0.4 is 10.6 Å². The van der Waals surface area contributed by atoms with E-state index < -0.39 is 11.7 Å². The Labute approximate surface area is 161 Å². The molecule has 9 heteroatoms. The minimum Gasteiger partial charge on any atom is -0.377 e. The molecule has 0 fully saturated rings. The lowest BCUT2D eigenvalue weighted by molar-refractivity contribution is -0.137. The van der Waals surface area contributed by atoms with Crippen LogP contribution in [0.3, 0.4) is 0 Å². The van der Waals surface area contributed by atoms with Gasteiger partial charge in [0, 0.05) is 12.1 Å². The molecule has 2 N–H and O–H groups in total. The number of halogens is 3. The number of nitrogens with one attached hydrogen (secondary N) is 2. The molecule has 1 aromatic carbocycles. The second-order valence-electron chi connectivity index (χ2n) is 6.34. The van der Waals surface area contributed by atoms with Gasteiger partial charge >= 0.3 is 6.18 Å². The normalized spacial score (nSPS) is 11.6. The van der Waals surface area contributed by atoms with Gasteiger partial charge in [-0.3, -0.25) is 4.79 Å². The summed E-state index contributed by atoms with van der Waals surface area (Å²) in [6.07, 6.45) is -2.92. The van der Waals surface area contributed by atoms with Crippen molar-refractivity contribution < 1.29 is 22.7 Å². The average molecular weight is 396 g/mol. The molecule has 1 heterocycles. The van der Waals surface area contributed by atoms with Crippen LogP contribution >= 0.6 is 0 Å². The molecule has 2 rings (SSSR count). The molecule has 1 amide bonds. The fourth-order valence-corrected chi connectivity index (χ4v) is 2.30. The molecule has 0 aliphatic carbocycles. The molecule has 0 saturated heterocycles. The molecule has 28 heavy (non-hydrogen) atoms. The standard InChI is InChI=1S/C19H23F3N4O2/c1-13(2)28-8-7-23-11-18(27)24-10-16-9-17(26-12-25-16)14-3-5-15(6-4-14)19(20,21)22/h3-6,9,12-13,23H,7-8,10-11H2,1-2H3,(H,24,27). The quantitative estimate of drug-likeness (QED) is 0.638. The Bertz CT molecular complexity index is 765. The van der Waals surface area contributed by atoms with Gasteiger partial charge in [-0.25, -0.2) is 9.97 Å². The molecule has 0 spiro atoms. The van der Waals surface area contributed by atoms with Gasteiger partial charge in [-0.1, -0.05) is 12.1 Å². The second-order valence-corrected chi connectivity index (χ2v) is 6.34. The van der Waals surface area contributed by atoms with E-state index in [0.717, 1.165) is 12.1 Å². The van der Waals surface area contributed by atoms with E-state index in [-0.39, 0.29) is 25.1 Å². The van der Waals surface area contributed by atoms with Crippen molar-refractivity contribution >= 4 is 5.91 Å². The first-order chi connectivity index (χ1) is 13.3. The van der Waals surface area contributed by atoms with Crippen LogP contribution in [0.15, 0.2) is 36.7 Å². The van der Waals surface area contributed by atoms with Crippen molar-refractivity contribution in [1.82, 2.24) is 20.6 Å². The third-order valence-electron chi connectivity index (χ3n) is 3.71. The Morgan fingerprint density at radius 2 is 1.89 bits per heavy atom. The molecule has 0 atom stereocenters. The predicted octanol–water partition coefficient (Wildman–Crippen LogP) is 2.79. The van der Waals surface area contributed by atoms with Crippen molar-refractivity contribution in [2.24, 2.45) is 0 Å². The molecule has 0 bridgehead atoms. The highest BCUT2D eigenvalue weighted by Gasteiger charge is 2.30. The molecule has 1 aromatic heterocycles. The number of alkyl halides is 3. The average Bonchev–Trinajstić information content (AvgIpc) is 2.65. The minimum atomic E-state index is -4.38. The molecule has 2 aromatic rings. The van der Waals surface area contributed by atoms with E-state index in [4.69, 9.17) is 4.74 Å². The Hall–Kier alpha value is -2.52. The van der Waals surface area contributed by atoms with Crippen LogP contribution in [0.25, 0.3) is 11.3 Å². The lowest BCUT2D eigenvalue weighted by Crippen LogP contribution is -2.35. The van der Waals surface area contributed by atoms with Gasteiger partial charge < -0.3 is 15.4 Å². The summed E-state index contributed by atoms with van der Waals surface area (Å²) in [7, 11) is 0. The fraction of sp³-hybridized carbons (Fsp3) is 0.421. The van der Waals surface area contributed by atoms with Gasteiger partial charge in [0.1, 0.15) is 6.33 Å². The van der Waals surface area contributed by atoms with Crippen molar-refractivity contribution in [3.8, 4) is 11.3 Å². The van der Waals surface area contributed by atoms with Crippen LogP contribution in [0.4, 0.5) is 13.2 Å². The lowest BCUT2D eigenvalue weighted by atomic mass is 10.1. The fourth-order valence-electron chi connectivity index (χ4n) is 2.30. The first-order valence-electron chi connectivity index (χ1n) is 8.83. The number of amides is 1. The van der Waals surface area contributed by atoms with Crippen molar-refractivity contribution in [1.29, 1.82) is 0 Å². The van der Waals surface area contributed by atoms with Crippen molar-refractivity contribution in [3.05, 3.63) is 47.9 Å². The number of hydrogen-bond acceptors (Lipinski definition) is 5. The van der Waals surface area contributed by atoms with Gasteiger partial charge in [0.15, 0.2) is 0 Å². The smallest absolute Gasteiger partial charge is 0.377 e. The van der Waals surface area contributed by atoms with Crippen molar-refractivity contribution in [2.75, 3.05) is 19.7 Å². The number of aromatic nitrogens is 2. The van der Waals surface area contributed by atoms with Gasteiger partial charge in [-0.05, 0) is 32.0 Å². The highest BCUT2D eigenvalue weighted by molar-refractivity contribution is 5.77. The van der Waals surface area contributed by atoms with Crippen molar-refractivity contribution in [2.45, 2.75) is 32.7 Å². The van der Waals surface area contributed by atoms with Crippen LogP contribution in [0, 0.1) is 0 Å². The molecule has 0 unspecified atom stereocenters. The van der Waals surface area contributed by atoms with Crippen LogP contribution in [-0.2, 0) is 22.3 Å². The monoisotopic (exact) mass is 396 g/mol. The molecular weight excluding hydrogens is 373 g/mol. The minimum absolute atomic E-state index is 0.146. The maximum atomic E-state index is 12.7. The summed E-state index contributed by atoms with van der Waals surface area (Å²) >= 11 is 0. The van der Waals surface area contributed by atoms with E-state index in [1.807, 2.05) is 13.8 Å². The van der Waals surface area contributed by atoms with Gasteiger partial charge in [0.25, 0.3) is 0 Å². The molecule has 152 valence electrons. The van der Waals surface area contributed by atoms with E-state index >= 15 is 0 Å². The largest absolute Gasteiger partial charge is 0.416 e. The maximum Gasteiger partial charge on any atom is 0.416 e. The summed E-state index contributed by atoms with van der Waals surface area (Å²) in [5.74, 6) is -0.195. The van der Waals surface area contributed by atoms with E-state index in [1.165, 1.54) is 18.5 Å². The van der Waals surface area contributed by atoms with Crippen LogP contribution in [0.5, 0.6) is 0 Å². The summed E-state index contributed by atoms with van der Waals surface area (Å²) in [5, 5.41) is 5.69. The number of benzene rings is 1. The number of rotatable bonds is 9. The molecule has 0 saturated carbocycles. The van der Waals surface area contributed by atoms with Crippen LogP contribution in [0.2, 0.25) is 0 Å². The summed E-state index contributed by atoms with van der Waals surface area (Å²) in [4.78, 5) is 20.0. The Balaban J connectivity index is 1.85. The van der Waals surface area contributed by atoms with Gasteiger partial charge in [-0.15, -0.1) is 0 Å². The molecule has 0 radical (unpaired) electrons. The molecular formula is C19H23F3N4O2. The zero-order valence-corrected chi connectivity index (χ0v) is 15.7. The molecule has 0 aliphatic heterocycles. The van der Waals surface area contributed by atoms with Gasteiger partial charge in [-0.2, -0.15) is 13.2 Å². The highest BCUT2D eigenvalue weighted by atomic mass is 19.4. The number of carbonyl (C=O) groups is 1. The number of ether oxygens (including phenoxy) is 1. The summed E-state index contributed by atoms with van der Waals surface area (Å²) < 4.78 is 43.3. The first-order valence-corrected chi connectivity index (χ1v) is 8.83. The van der Waals surface area contributed by atoms with E-state index in [2.05, 4.69) is 20.6 Å². The number of carbonyl (C=O) groups excluding carboxylic acids is 1. The Morgan fingerprint density at radius 3 is 2.54 bits per heavy atom. The van der Waals surface area contributed by atoms with Crippen molar-refractivity contribution in [3.63, 3.8) is 0 Å². The third-order valence-corrected chi connectivity index (χ3v) is 3.71. The number of nitrogens with zero attached hydrogens (tertiary/aromatic N) is 2. The summed E-state index contributed by atoms with van der Waals surface area (Å²) in [6, 6.07) is 6.36. The van der Waals surface area contributed by atoms with Crippen LogP contribution in [0.1, 0.15) is 25.1 Å². The van der Waals surface area contributed by atoms with E-state index in [9.17, 15) is 18.0 Å². The maximum absolute atomic E-state index is 12.7. The lowest BCUT2D eigenvalue weighted by Gasteiger charge is -2.10. The number of hydrogen-bond donors (Lipinski definition) is 2. The SMILES string of the molecule is CC(C)OCCNCC(=O)NCc1cc(-c2ccc(C(F)(F)F)cc2)ncn1. The predicted molar refractivity (Wildman–Crippen MR) is 98.3 cm³/mol. The second kappa shape index (κ2) is 10.1. The van der Waals surface area contributed by atoms with E-state index in [1.54, 1.807) is 6.07 Å². The first kappa shape index (κ1) is 21.8. The van der Waals surface area contributed by atoms with E-state index in [0.29, 0.717) is 30.1 Å². The molecule has 0 aliphatic rings. The topological polar surface area (TPSA) is 76.1 Å². The summed E-state index contributed by atoms with van der Waals surface area (Å²) in [6.45, 7) is 5.31. The van der Waals surface area contributed by atoms with Gasteiger partial charge in [0.2, 0.25) is 5.91 Å². The highest BCUT2D eigenvalue weighted by Crippen LogP contribution is 2.30. The Morgan fingerprint density at radius 1 is 1.18 bits per heavy atom. The Kier molecular flexibility index (Phi) is 7.89. The summed E-state index contributed by atoms with van der Waals surface area (Å²) in [5.41, 5.74) is 0.859. The van der Waals surface area contributed by atoms with Crippen LogP contribution in [-0.4, -0.2) is 41.7 Å². The zero-order valence-electron chi connectivity index (χ0n) is 15.7. The van der Waals surface area contributed by atoms with Gasteiger partial charge in [0.05, 0.1) is 42.8 Å².